The normalized spacial score (nSPS) is 11.2. The van der Waals surface area contributed by atoms with Crippen LogP contribution in [0, 0.1) is 10.1 Å². The Morgan fingerprint density at radius 2 is 2.07 bits per heavy atom. The highest BCUT2D eigenvalue weighted by Crippen LogP contribution is 2.22. The van der Waals surface area contributed by atoms with Gasteiger partial charge in [0.2, 0.25) is 0 Å². The summed E-state index contributed by atoms with van der Waals surface area (Å²) in [4.78, 5) is 30.3. The van der Waals surface area contributed by atoms with Gasteiger partial charge in [-0.2, -0.15) is 0 Å². The number of unbranched alkanes of at least 4 members (excludes halogenated alkanes) is 1. The van der Waals surface area contributed by atoms with Gasteiger partial charge in [-0.15, -0.1) is 0 Å². The van der Waals surface area contributed by atoms with E-state index in [2.05, 4.69) is 10.1 Å². The lowest BCUT2D eigenvalue weighted by Gasteiger charge is -2.09. The minimum Gasteiger partial charge on any atom is -0.481 e. The zero-order chi connectivity index (χ0) is 19.6. The van der Waals surface area contributed by atoms with Crippen molar-refractivity contribution in [3.8, 4) is 0 Å². The lowest BCUT2D eigenvalue weighted by Crippen LogP contribution is -2.07. The Labute approximate surface area is 155 Å². The maximum atomic E-state index is 11.0. The Morgan fingerprint density at radius 3 is 2.70 bits per heavy atom. The molecule has 9 heteroatoms. The summed E-state index contributed by atoms with van der Waals surface area (Å²) in [7, 11) is 0. The third-order valence-electron chi connectivity index (χ3n) is 3.69. The average Bonchev–Trinajstić information content (AvgIpc) is 2.67. The smallest absolute Gasteiger partial charge is 0.303 e. The second-order valence-corrected chi connectivity index (χ2v) is 5.62. The molecule has 0 aliphatic rings. The number of nitro benzene ring substituents is 1. The molecule has 0 fully saturated rings. The first-order chi connectivity index (χ1) is 13.0. The van der Waals surface area contributed by atoms with E-state index >= 15 is 0 Å². The molecule has 142 valence electrons. The van der Waals surface area contributed by atoms with Gasteiger partial charge in [0, 0.05) is 36.0 Å². The van der Waals surface area contributed by atoms with E-state index in [0.717, 1.165) is 0 Å². The summed E-state index contributed by atoms with van der Waals surface area (Å²) in [5.41, 5.74) is 1.56. The predicted molar refractivity (Wildman–Crippen MR) is 96.3 cm³/mol. The van der Waals surface area contributed by atoms with E-state index in [9.17, 15) is 20.0 Å². The zero-order valence-electron chi connectivity index (χ0n) is 14.4. The number of hydrogen-bond donors (Lipinski definition) is 2. The van der Waals surface area contributed by atoms with Crippen LogP contribution in [0.5, 0.6) is 0 Å². The molecule has 1 heterocycles. The highest BCUT2D eigenvalue weighted by atomic mass is 16.6. The van der Waals surface area contributed by atoms with Crippen LogP contribution in [-0.2, 0) is 16.2 Å². The second-order valence-electron chi connectivity index (χ2n) is 5.62. The summed E-state index contributed by atoms with van der Waals surface area (Å²) < 4.78 is 0. The molecule has 0 amide bonds. The Balaban J connectivity index is 2.24. The number of aliphatic hydroxyl groups excluding tert-OH is 1. The molecule has 0 saturated carbocycles. The molecule has 0 unspecified atom stereocenters. The molecule has 0 saturated heterocycles. The lowest BCUT2D eigenvalue weighted by atomic mass is 10.0. The number of hydrogen-bond acceptors (Lipinski definition) is 7. The molecular formula is C18H19N3O6. The molecule has 0 spiro atoms. The number of benzene rings is 1. The molecule has 27 heavy (non-hydrogen) atoms. The number of nitrogens with zero attached hydrogens (tertiary/aromatic N) is 3. The molecule has 0 atom stereocenters. The molecule has 2 aromatic rings. The number of pyridine rings is 1. The van der Waals surface area contributed by atoms with Crippen molar-refractivity contribution >= 4 is 17.4 Å². The van der Waals surface area contributed by atoms with Gasteiger partial charge in [0.15, 0.2) is 0 Å². The van der Waals surface area contributed by atoms with Gasteiger partial charge < -0.3 is 15.1 Å². The first-order valence-electron chi connectivity index (χ1n) is 8.23. The SMILES string of the molecule is O=C(O)CCCCON=C(c1cccnc1)c1ccc([N+](=O)[O-])c(CO)c1. The van der Waals surface area contributed by atoms with Crippen LogP contribution in [0.3, 0.4) is 0 Å². The molecule has 9 nitrogen and oxygen atoms in total. The lowest BCUT2D eigenvalue weighted by molar-refractivity contribution is -0.385. The summed E-state index contributed by atoms with van der Waals surface area (Å²) in [6, 6.07) is 7.80. The summed E-state index contributed by atoms with van der Waals surface area (Å²) in [6.45, 7) is -0.253. The standard InChI is InChI=1S/C18H19N3O6/c22-12-15-10-13(6-7-16(15)21(25)26)18(14-4-3-8-19-11-14)20-27-9-2-1-5-17(23)24/h3-4,6-8,10-11,22H,1-2,5,9,12H2,(H,23,24). The molecule has 2 N–H and O–H groups in total. The van der Waals surface area contributed by atoms with Crippen molar-refractivity contribution in [2.24, 2.45) is 5.16 Å². The highest BCUT2D eigenvalue weighted by molar-refractivity contribution is 6.12. The van der Waals surface area contributed by atoms with Gasteiger partial charge >= 0.3 is 5.97 Å². The summed E-state index contributed by atoms with van der Waals surface area (Å²) in [6.07, 6.45) is 4.23. The second kappa shape index (κ2) is 9.97. The summed E-state index contributed by atoms with van der Waals surface area (Å²) in [5.74, 6) is -0.864. The topological polar surface area (TPSA) is 135 Å². The summed E-state index contributed by atoms with van der Waals surface area (Å²) in [5, 5.41) is 33.2. The van der Waals surface area contributed by atoms with Crippen LogP contribution in [0.4, 0.5) is 5.69 Å². The van der Waals surface area contributed by atoms with Crippen molar-refractivity contribution in [3.63, 3.8) is 0 Å². The number of aliphatic carboxylic acids is 1. The number of nitro groups is 1. The number of oxime groups is 1. The molecule has 0 aliphatic carbocycles. The fourth-order valence-electron chi connectivity index (χ4n) is 2.37. The van der Waals surface area contributed by atoms with Gasteiger partial charge in [0.05, 0.1) is 17.1 Å². The Bertz CT molecular complexity index is 823. The number of carboxylic acids is 1. The monoisotopic (exact) mass is 373 g/mol. The molecule has 1 aromatic heterocycles. The first-order valence-corrected chi connectivity index (χ1v) is 8.23. The minimum atomic E-state index is -0.864. The summed E-state index contributed by atoms with van der Waals surface area (Å²) >= 11 is 0. The van der Waals surface area contributed by atoms with Gasteiger partial charge in [-0.25, -0.2) is 0 Å². The maximum Gasteiger partial charge on any atom is 0.303 e. The quantitative estimate of drug-likeness (QED) is 0.283. The van der Waals surface area contributed by atoms with Gasteiger partial charge in [0.25, 0.3) is 5.69 Å². The molecule has 2 rings (SSSR count). The Hall–Kier alpha value is -3.33. The van der Waals surface area contributed by atoms with E-state index in [1.807, 2.05) is 0 Å². The van der Waals surface area contributed by atoms with E-state index in [-0.39, 0.29) is 24.3 Å². The first kappa shape index (κ1) is 20.0. The van der Waals surface area contributed by atoms with Crippen molar-refractivity contribution in [1.82, 2.24) is 4.98 Å². The third-order valence-corrected chi connectivity index (χ3v) is 3.69. The van der Waals surface area contributed by atoms with Gasteiger partial charge in [-0.3, -0.25) is 19.9 Å². The number of carbonyl (C=O) groups is 1. The molecule has 0 radical (unpaired) electrons. The van der Waals surface area contributed by atoms with Crippen molar-refractivity contribution < 1.29 is 24.8 Å². The van der Waals surface area contributed by atoms with Crippen LogP contribution in [0.1, 0.15) is 36.0 Å². The van der Waals surface area contributed by atoms with Gasteiger partial charge in [-0.1, -0.05) is 5.16 Å². The maximum absolute atomic E-state index is 11.0. The number of aliphatic hydroxyl groups is 1. The fourth-order valence-corrected chi connectivity index (χ4v) is 2.37. The Kier molecular flexibility index (Phi) is 7.38. The largest absolute Gasteiger partial charge is 0.481 e. The number of carboxylic acid groups (broad SMARTS) is 1. The highest BCUT2D eigenvalue weighted by Gasteiger charge is 2.17. The fraction of sp³-hybridized carbons (Fsp3) is 0.278. The van der Waals surface area contributed by atoms with Crippen LogP contribution in [0.25, 0.3) is 0 Å². The van der Waals surface area contributed by atoms with E-state index in [4.69, 9.17) is 9.94 Å². The number of rotatable bonds is 10. The van der Waals surface area contributed by atoms with Crippen LogP contribution < -0.4 is 0 Å². The number of aromatic nitrogens is 1. The third kappa shape index (κ3) is 5.86. The predicted octanol–water partition coefficient (Wildman–Crippen LogP) is 2.51. The van der Waals surface area contributed by atoms with Crippen LogP contribution in [-0.4, -0.2) is 38.4 Å². The molecule has 0 bridgehead atoms. The Morgan fingerprint density at radius 1 is 1.26 bits per heavy atom. The molecule has 0 aliphatic heterocycles. The van der Waals surface area contributed by atoms with Crippen molar-refractivity contribution in [3.05, 3.63) is 69.5 Å². The van der Waals surface area contributed by atoms with Crippen molar-refractivity contribution in [2.45, 2.75) is 25.9 Å². The molecule has 1 aromatic carbocycles. The van der Waals surface area contributed by atoms with E-state index in [1.165, 1.54) is 18.2 Å². The van der Waals surface area contributed by atoms with Gasteiger partial charge in [0.1, 0.15) is 12.3 Å². The van der Waals surface area contributed by atoms with Gasteiger partial charge in [-0.05, 0) is 37.1 Å². The van der Waals surface area contributed by atoms with Crippen LogP contribution in [0.2, 0.25) is 0 Å². The minimum absolute atomic E-state index is 0.0603. The van der Waals surface area contributed by atoms with Crippen LogP contribution >= 0.6 is 0 Å². The van der Waals surface area contributed by atoms with Crippen molar-refractivity contribution in [2.75, 3.05) is 6.61 Å². The van der Waals surface area contributed by atoms with E-state index in [1.54, 1.807) is 24.5 Å². The average molecular weight is 373 g/mol. The van der Waals surface area contributed by atoms with E-state index < -0.39 is 17.5 Å². The molecular weight excluding hydrogens is 354 g/mol. The van der Waals surface area contributed by atoms with Crippen molar-refractivity contribution in [1.29, 1.82) is 0 Å². The van der Waals surface area contributed by atoms with Crippen LogP contribution in [0.15, 0.2) is 47.9 Å². The zero-order valence-corrected chi connectivity index (χ0v) is 14.4. The van der Waals surface area contributed by atoms with E-state index in [0.29, 0.717) is 29.7 Å².